The number of halogens is 2. The van der Waals surface area contributed by atoms with Gasteiger partial charge in [0.05, 0.1) is 0 Å². The molecule has 0 aliphatic rings. The second-order valence-electron chi connectivity index (χ2n) is 1.92. The summed E-state index contributed by atoms with van der Waals surface area (Å²) >= 11 is -0.750. The fourth-order valence-corrected chi connectivity index (χ4v) is 0.512. The van der Waals surface area contributed by atoms with Crippen molar-refractivity contribution in [2.45, 2.75) is 39.0 Å². The van der Waals surface area contributed by atoms with Crippen molar-refractivity contribution >= 4 is 11.6 Å². The third-order valence-corrected chi connectivity index (χ3v) is 1.17. The molecule has 0 spiro atoms. The van der Waals surface area contributed by atoms with E-state index in [1.807, 2.05) is 0 Å². The van der Waals surface area contributed by atoms with Crippen molar-refractivity contribution in [1.29, 1.82) is 0 Å². The topological polar surface area (TPSA) is 34.1 Å². The first-order chi connectivity index (χ1) is 5.13. The quantitative estimate of drug-likeness (QED) is 0.673. The summed E-state index contributed by atoms with van der Waals surface area (Å²) < 4.78 is 40.9. The lowest BCUT2D eigenvalue weighted by molar-refractivity contribution is 0.158. The third-order valence-electron chi connectivity index (χ3n) is 1.17. The molecule has 0 N–H and O–H groups in total. The molecule has 0 aliphatic carbocycles. The van der Waals surface area contributed by atoms with Gasteiger partial charge in [0, 0.05) is 0 Å². The number of rotatable bonds is 3. The SMILES string of the molecule is CCC(F)C(F)CC.O=S=O. The van der Waals surface area contributed by atoms with Gasteiger partial charge < -0.3 is 0 Å². The van der Waals surface area contributed by atoms with Gasteiger partial charge in [-0.25, -0.2) is 8.78 Å². The number of hydrogen-bond donors (Lipinski definition) is 0. The van der Waals surface area contributed by atoms with E-state index in [0.717, 1.165) is 0 Å². The zero-order chi connectivity index (χ0) is 9.28. The molecule has 0 aromatic carbocycles. The van der Waals surface area contributed by atoms with Gasteiger partial charge in [0.2, 0.25) is 0 Å². The van der Waals surface area contributed by atoms with Crippen molar-refractivity contribution in [1.82, 2.24) is 0 Å². The molecule has 0 aromatic heterocycles. The minimum absolute atomic E-state index is 0.287. The van der Waals surface area contributed by atoms with Crippen LogP contribution < -0.4 is 0 Å². The maximum Gasteiger partial charge on any atom is 0.335 e. The highest BCUT2D eigenvalue weighted by Crippen LogP contribution is 2.10. The van der Waals surface area contributed by atoms with Crippen LogP contribution in [-0.4, -0.2) is 20.8 Å². The normalized spacial score (nSPS) is 14.2. The summed E-state index contributed by atoms with van der Waals surface area (Å²) in [7, 11) is 0. The van der Waals surface area contributed by atoms with Crippen LogP contribution in [0.1, 0.15) is 26.7 Å². The molecule has 0 radical (unpaired) electrons. The van der Waals surface area contributed by atoms with Crippen molar-refractivity contribution in [2.24, 2.45) is 0 Å². The molecular formula is C6H12F2O2S. The summed E-state index contributed by atoms with van der Waals surface area (Å²) in [6.07, 6.45) is -1.93. The van der Waals surface area contributed by atoms with E-state index in [4.69, 9.17) is 8.42 Å². The summed E-state index contributed by atoms with van der Waals surface area (Å²) in [6, 6.07) is 0. The molecule has 0 aliphatic heterocycles. The van der Waals surface area contributed by atoms with E-state index >= 15 is 0 Å². The average molecular weight is 186 g/mol. The summed E-state index contributed by atoms with van der Waals surface area (Å²) in [4.78, 5) is 0. The van der Waals surface area contributed by atoms with Gasteiger partial charge in [-0.05, 0) is 12.8 Å². The van der Waals surface area contributed by atoms with E-state index in [2.05, 4.69) is 0 Å². The average Bonchev–Trinajstić information content (AvgIpc) is 2.03. The Balaban J connectivity index is 0. The van der Waals surface area contributed by atoms with Gasteiger partial charge in [0.1, 0.15) is 12.3 Å². The first-order valence-electron chi connectivity index (χ1n) is 3.33. The number of hydrogen-bond acceptors (Lipinski definition) is 2. The van der Waals surface area contributed by atoms with Crippen molar-refractivity contribution in [3.63, 3.8) is 0 Å². The lowest BCUT2D eigenvalue weighted by atomic mass is 10.1. The highest BCUT2D eigenvalue weighted by molar-refractivity contribution is 7.51. The van der Waals surface area contributed by atoms with Crippen LogP contribution in [0, 0.1) is 0 Å². The van der Waals surface area contributed by atoms with E-state index in [-0.39, 0.29) is 12.8 Å². The van der Waals surface area contributed by atoms with Gasteiger partial charge in [0.25, 0.3) is 0 Å². The van der Waals surface area contributed by atoms with Gasteiger partial charge in [0.15, 0.2) is 0 Å². The lowest BCUT2D eigenvalue weighted by Crippen LogP contribution is -2.14. The van der Waals surface area contributed by atoms with Crippen LogP contribution in [0.3, 0.4) is 0 Å². The van der Waals surface area contributed by atoms with E-state index in [1.54, 1.807) is 13.8 Å². The molecule has 2 atom stereocenters. The Morgan fingerprint density at radius 2 is 1.27 bits per heavy atom. The standard InChI is InChI=1S/C6H12F2.O2S/c1-3-5(7)6(8)4-2;1-3-2/h5-6H,3-4H2,1-2H3;. The predicted molar refractivity (Wildman–Crippen MR) is 39.3 cm³/mol. The van der Waals surface area contributed by atoms with Crippen molar-refractivity contribution in [2.75, 3.05) is 0 Å². The summed E-state index contributed by atoms with van der Waals surface area (Å²) in [5.74, 6) is 0. The van der Waals surface area contributed by atoms with Crippen LogP contribution in [0.25, 0.3) is 0 Å². The molecule has 0 amide bonds. The molecule has 0 rings (SSSR count). The van der Waals surface area contributed by atoms with E-state index in [9.17, 15) is 8.78 Å². The highest BCUT2D eigenvalue weighted by Gasteiger charge is 2.14. The fraction of sp³-hybridized carbons (Fsp3) is 1.00. The Morgan fingerprint density at radius 1 is 1.09 bits per heavy atom. The first-order valence-corrected chi connectivity index (χ1v) is 4.00. The van der Waals surface area contributed by atoms with Gasteiger partial charge in [-0.3, -0.25) is 0 Å². The largest absolute Gasteiger partial charge is 0.335 e. The second kappa shape index (κ2) is 9.68. The fourth-order valence-electron chi connectivity index (χ4n) is 0.512. The molecule has 0 heterocycles. The monoisotopic (exact) mass is 186 g/mol. The van der Waals surface area contributed by atoms with Crippen LogP contribution >= 0.6 is 0 Å². The third kappa shape index (κ3) is 9.68. The Labute approximate surface area is 68.6 Å². The van der Waals surface area contributed by atoms with Crippen LogP contribution in [0.5, 0.6) is 0 Å². The summed E-state index contributed by atoms with van der Waals surface area (Å²) in [5.41, 5.74) is 0. The molecule has 0 bridgehead atoms. The Hall–Kier alpha value is -0.320. The Kier molecular flexibility index (Phi) is 11.7. The van der Waals surface area contributed by atoms with E-state index in [1.165, 1.54) is 0 Å². The lowest BCUT2D eigenvalue weighted by Gasteiger charge is -2.06. The molecule has 68 valence electrons. The Morgan fingerprint density at radius 3 is 1.36 bits per heavy atom. The first kappa shape index (κ1) is 13.3. The number of alkyl halides is 2. The molecule has 0 saturated heterocycles. The minimum Gasteiger partial charge on any atom is -0.244 e. The predicted octanol–water partition coefficient (Wildman–Crippen LogP) is 1.81. The molecule has 2 nitrogen and oxygen atoms in total. The van der Waals surface area contributed by atoms with Crippen molar-refractivity contribution < 1.29 is 17.2 Å². The molecule has 11 heavy (non-hydrogen) atoms. The van der Waals surface area contributed by atoms with Crippen molar-refractivity contribution in [3.05, 3.63) is 0 Å². The smallest absolute Gasteiger partial charge is 0.244 e. The summed E-state index contributed by atoms with van der Waals surface area (Å²) in [6.45, 7) is 3.29. The highest BCUT2D eigenvalue weighted by atomic mass is 32.1. The molecule has 0 fully saturated rings. The molecule has 0 saturated carbocycles. The second-order valence-corrected chi connectivity index (χ2v) is 2.05. The minimum atomic E-state index is -1.25. The zero-order valence-corrected chi connectivity index (χ0v) is 7.37. The van der Waals surface area contributed by atoms with Crippen molar-refractivity contribution in [3.8, 4) is 0 Å². The molecular weight excluding hydrogens is 174 g/mol. The van der Waals surface area contributed by atoms with Gasteiger partial charge in [-0.1, -0.05) is 13.8 Å². The van der Waals surface area contributed by atoms with E-state index < -0.39 is 23.9 Å². The van der Waals surface area contributed by atoms with Crippen LogP contribution in [0.2, 0.25) is 0 Å². The van der Waals surface area contributed by atoms with Crippen LogP contribution in [-0.2, 0) is 11.6 Å². The summed E-state index contributed by atoms with van der Waals surface area (Å²) in [5, 5.41) is 0. The maximum atomic E-state index is 12.2. The van der Waals surface area contributed by atoms with E-state index in [0.29, 0.717) is 0 Å². The molecule has 2 unspecified atom stereocenters. The maximum absolute atomic E-state index is 12.2. The molecule has 0 aromatic rings. The Bertz CT molecular complexity index is 107. The molecule has 5 heteroatoms. The zero-order valence-electron chi connectivity index (χ0n) is 6.55. The van der Waals surface area contributed by atoms with Crippen LogP contribution in [0.15, 0.2) is 0 Å². The van der Waals surface area contributed by atoms with Crippen LogP contribution in [0.4, 0.5) is 8.78 Å². The van der Waals surface area contributed by atoms with Gasteiger partial charge in [-0.2, -0.15) is 8.42 Å². The van der Waals surface area contributed by atoms with Gasteiger partial charge >= 0.3 is 11.6 Å². The van der Waals surface area contributed by atoms with Gasteiger partial charge in [-0.15, -0.1) is 0 Å².